The van der Waals surface area contributed by atoms with Crippen LogP contribution in [0.25, 0.3) is 0 Å². The molecule has 0 spiro atoms. The minimum Gasteiger partial charge on any atom is -0.376 e. The molecule has 1 saturated carbocycles. The van der Waals surface area contributed by atoms with Crippen LogP contribution >= 0.6 is 0 Å². The van der Waals surface area contributed by atoms with E-state index >= 15 is 0 Å². The number of hydrogen-bond donors (Lipinski definition) is 1. The van der Waals surface area contributed by atoms with Crippen molar-refractivity contribution in [1.82, 2.24) is 10.2 Å². The van der Waals surface area contributed by atoms with E-state index in [1.165, 1.54) is 32.1 Å². The van der Waals surface area contributed by atoms with Crippen LogP contribution in [0.15, 0.2) is 0 Å². The Morgan fingerprint density at radius 2 is 2.06 bits per heavy atom. The molecule has 1 heterocycles. The van der Waals surface area contributed by atoms with Crippen molar-refractivity contribution < 1.29 is 4.74 Å². The summed E-state index contributed by atoms with van der Waals surface area (Å²) in [5, 5.41) is 3.53. The molecule has 17 heavy (non-hydrogen) atoms. The highest BCUT2D eigenvalue weighted by atomic mass is 16.5. The van der Waals surface area contributed by atoms with Gasteiger partial charge in [0.25, 0.3) is 0 Å². The maximum absolute atomic E-state index is 5.81. The molecule has 4 unspecified atom stereocenters. The molecule has 0 aromatic carbocycles. The molecule has 1 N–H and O–H groups in total. The first kappa shape index (κ1) is 13.3. The number of hydrogen-bond acceptors (Lipinski definition) is 3. The van der Waals surface area contributed by atoms with Gasteiger partial charge in [0.05, 0.1) is 12.7 Å². The van der Waals surface area contributed by atoms with Crippen molar-refractivity contribution in [2.24, 2.45) is 0 Å². The van der Waals surface area contributed by atoms with Crippen LogP contribution in [0.4, 0.5) is 0 Å². The highest BCUT2D eigenvalue weighted by molar-refractivity contribution is 4.92. The molecule has 0 bridgehead atoms. The molecule has 0 aromatic rings. The van der Waals surface area contributed by atoms with E-state index in [2.05, 4.69) is 31.1 Å². The molecule has 0 amide bonds. The lowest BCUT2D eigenvalue weighted by atomic mass is 9.87. The number of likely N-dealkylation sites (N-methyl/N-ethyl adjacent to an activating group) is 1. The summed E-state index contributed by atoms with van der Waals surface area (Å²) in [6.07, 6.45) is 7.08. The number of nitrogens with one attached hydrogen (secondary N) is 1. The molecule has 0 aromatic heterocycles. The first-order valence-corrected chi connectivity index (χ1v) is 7.30. The fourth-order valence-corrected chi connectivity index (χ4v) is 3.47. The van der Waals surface area contributed by atoms with E-state index in [1.807, 2.05) is 0 Å². The van der Waals surface area contributed by atoms with Crippen LogP contribution in [0.2, 0.25) is 0 Å². The first-order chi connectivity index (χ1) is 8.26. The van der Waals surface area contributed by atoms with Crippen molar-refractivity contribution in [3.05, 3.63) is 0 Å². The quantitative estimate of drug-likeness (QED) is 0.817. The lowest BCUT2D eigenvalue weighted by molar-refractivity contribution is -0.0821. The SMILES string of the molecule is CCC1COC(C)CN1C1CCCCC1NC. The Morgan fingerprint density at radius 1 is 1.29 bits per heavy atom. The summed E-state index contributed by atoms with van der Waals surface area (Å²) in [5.41, 5.74) is 0. The zero-order chi connectivity index (χ0) is 12.3. The zero-order valence-corrected chi connectivity index (χ0v) is 11.6. The van der Waals surface area contributed by atoms with Gasteiger partial charge in [-0.2, -0.15) is 0 Å². The van der Waals surface area contributed by atoms with Gasteiger partial charge in [-0.15, -0.1) is 0 Å². The zero-order valence-electron chi connectivity index (χ0n) is 11.6. The molecule has 1 saturated heterocycles. The van der Waals surface area contributed by atoms with E-state index in [1.54, 1.807) is 0 Å². The van der Waals surface area contributed by atoms with Gasteiger partial charge in [-0.3, -0.25) is 4.90 Å². The second-order valence-corrected chi connectivity index (χ2v) is 5.65. The minimum atomic E-state index is 0.400. The van der Waals surface area contributed by atoms with Crippen molar-refractivity contribution in [3.8, 4) is 0 Å². The second kappa shape index (κ2) is 6.17. The third-order valence-electron chi connectivity index (χ3n) is 4.51. The summed E-state index contributed by atoms with van der Waals surface area (Å²) in [6, 6.07) is 2.04. The summed E-state index contributed by atoms with van der Waals surface area (Å²) in [4.78, 5) is 2.73. The average Bonchev–Trinajstić information content (AvgIpc) is 2.38. The summed E-state index contributed by atoms with van der Waals surface area (Å²) in [7, 11) is 2.12. The lowest BCUT2D eigenvalue weighted by Crippen LogP contribution is -2.59. The number of morpholine rings is 1. The Kier molecular flexibility index (Phi) is 4.83. The molecule has 3 heteroatoms. The van der Waals surface area contributed by atoms with E-state index in [0.717, 1.165) is 19.2 Å². The highest BCUT2D eigenvalue weighted by Gasteiger charge is 2.35. The Morgan fingerprint density at radius 3 is 2.76 bits per heavy atom. The highest BCUT2D eigenvalue weighted by Crippen LogP contribution is 2.28. The fraction of sp³-hybridized carbons (Fsp3) is 1.00. The van der Waals surface area contributed by atoms with Crippen LogP contribution in [0.3, 0.4) is 0 Å². The molecule has 1 aliphatic carbocycles. The van der Waals surface area contributed by atoms with Crippen molar-refractivity contribution >= 4 is 0 Å². The number of rotatable bonds is 3. The number of nitrogens with zero attached hydrogens (tertiary/aromatic N) is 1. The fourth-order valence-electron chi connectivity index (χ4n) is 3.47. The molecule has 3 nitrogen and oxygen atoms in total. The van der Waals surface area contributed by atoms with Crippen LogP contribution in [0.1, 0.15) is 46.0 Å². The normalized spacial score (nSPS) is 40.4. The van der Waals surface area contributed by atoms with Gasteiger partial charge in [0.2, 0.25) is 0 Å². The van der Waals surface area contributed by atoms with E-state index in [0.29, 0.717) is 18.2 Å². The van der Waals surface area contributed by atoms with Crippen molar-refractivity contribution in [2.75, 3.05) is 20.2 Å². The van der Waals surface area contributed by atoms with Gasteiger partial charge < -0.3 is 10.1 Å². The topological polar surface area (TPSA) is 24.5 Å². The van der Waals surface area contributed by atoms with E-state index in [4.69, 9.17) is 4.74 Å². The van der Waals surface area contributed by atoms with Gasteiger partial charge >= 0.3 is 0 Å². The van der Waals surface area contributed by atoms with Crippen molar-refractivity contribution in [3.63, 3.8) is 0 Å². The molecule has 2 rings (SSSR count). The lowest BCUT2D eigenvalue weighted by Gasteiger charge is -2.47. The van der Waals surface area contributed by atoms with Gasteiger partial charge in [-0.25, -0.2) is 0 Å². The predicted octanol–water partition coefficient (Wildman–Crippen LogP) is 2.02. The van der Waals surface area contributed by atoms with E-state index < -0.39 is 0 Å². The van der Waals surface area contributed by atoms with Gasteiger partial charge in [0.1, 0.15) is 0 Å². The molecule has 2 fully saturated rings. The van der Waals surface area contributed by atoms with Crippen LogP contribution in [0, 0.1) is 0 Å². The van der Waals surface area contributed by atoms with Gasteiger partial charge in [0, 0.05) is 24.7 Å². The third-order valence-corrected chi connectivity index (χ3v) is 4.51. The van der Waals surface area contributed by atoms with E-state index in [-0.39, 0.29) is 0 Å². The second-order valence-electron chi connectivity index (χ2n) is 5.65. The minimum absolute atomic E-state index is 0.400. The standard InChI is InChI=1S/C14H28N2O/c1-4-12-10-17-11(2)9-16(12)14-8-6-5-7-13(14)15-3/h11-15H,4-10H2,1-3H3. The molecule has 1 aliphatic heterocycles. The number of ether oxygens (including phenoxy) is 1. The summed E-state index contributed by atoms with van der Waals surface area (Å²) >= 11 is 0. The summed E-state index contributed by atoms with van der Waals surface area (Å²) in [6.45, 7) is 6.52. The molecule has 0 radical (unpaired) electrons. The monoisotopic (exact) mass is 240 g/mol. The Balaban J connectivity index is 2.05. The molecule has 4 atom stereocenters. The van der Waals surface area contributed by atoms with Gasteiger partial charge in [0.15, 0.2) is 0 Å². The predicted molar refractivity (Wildman–Crippen MR) is 71.3 cm³/mol. The Hall–Kier alpha value is -0.120. The summed E-state index contributed by atoms with van der Waals surface area (Å²) in [5.74, 6) is 0. The largest absolute Gasteiger partial charge is 0.376 e. The molecular weight excluding hydrogens is 212 g/mol. The third kappa shape index (κ3) is 3.01. The van der Waals surface area contributed by atoms with Crippen LogP contribution < -0.4 is 5.32 Å². The average molecular weight is 240 g/mol. The van der Waals surface area contributed by atoms with Crippen LogP contribution in [0.5, 0.6) is 0 Å². The van der Waals surface area contributed by atoms with Gasteiger partial charge in [-0.1, -0.05) is 19.8 Å². The van der Waals surface area contributed by atoms with Gasteiger partial charge in [-0.05, 0) is 33.2 Å². The molecule has 100 valence electrons. The van der Waals surface area contributed by atoms with Crippen LogP contribution in [-0.2, 0) is 4.74 Å². The first-order valence-electron chi connectivity index (χ1n) is 7.30. The molecular formula is C14H28N2O. The smallest absolute Gasteiger partial charge is 0.0674 e. The van der Waals surface area contributed by atoms with Crippen molar-refractivity contribution in [2.45, 2.75) is 70.2 Å². The maximum Gasteiger partial charge on any atom is 0.0674 e. The van der Waals surface area contributed by atoms with E-state index in [9.17, 15) is 0 Å². The van der Waals surface area contributed by atoms with Crippen molar-refractivity contribution in [1.29, 1.82) is 0 Å². The maximum atomic E-state index is 5.81. The Bertz CT molecular complexity index is 234. The Labute approximate surface area is 106 Å². The molecule has 2 aliphatic rings. The summed E-state index contributed by atoms with van der Waals surface area (Å²) < 4.78 is 5.81. The van der Waals surface area contributed by atoms with Crippen LogP contribution in [-0.4, -0.2) is 49.3 Å².